The Bertz CT molecular complexity index is 652. The van der Waals surface area contributed by atoms with Gasteiger partial charge >= 0.3 is 5.97 Å². The first-order chi connectivity index (χ1) is 10.2. The van der Waals surface area contributed by atoms with E-state index >= 15 is 0 Å². The third-order valence-corrected chi connectivity index (χ3v) is 4.24. The first kappa shape index (κ1) is 14.0. The summed E-state index contributed by atoms with van der Waals surface area (Å²) in [5.41, 5.74) is 0.837. The molecule has 2 aromatic heterocycles. The van der Waals surface area contributed by atoms with Crippen molar-refractivity contribution in [3.05, 3.63) is 29.7 Å². The van der Waals surface area contributed by atoms with Crippen LogP contribution in [0.25, 0.3) is 5.65 Å². The molecule has 1 aliphatic heterocycles. The maximum atomic E-state index is 11.4. The molecule has 1 N–H and O–H groups in total. The van der Waals surface area contributed by atoms with Crippen LogP contribution in [0.4, 0.5) is 0 Å². The number of hydrogen-bond acceptors (Lipinski definition) is 4. The molecule has 0 amide bonds. The van der Waals surface area contributed by atoms with E-state index in [2.05, 4.69) is 22.0 Å². The van der Waals surface area contributed by atoms with E-state index in [1.54, 1.807) is 22.6 Å². The van der Waals surface area contributed by atoms with Crippen molar-refractivity contribution in [3.8, 4) is 0 Å². The van der Waals surface area contributed by atoms with E-state index in [4.69, 9.17) is 0 Å². The molecule has 1 fully saturated rings. The molecule has 21 heavy (non-hydrogen) atoms. The second-order valence-corrected chi connectivity index (χ2v) is 5.63. The van der Waals surface area contributed by atoms with E-state index in [1.807, 2.05) is 0 Å². The molecule has 6 nitrogen and oxygen atoms in total. The summed E-state index contributed by atoms with van der Waals surface area (Å²) in [6.07, 6.45) is 3.14. The summed E-state index contributed by atoms with van der Waals surface area (Å²) < 4.78 is 1.67. The van der Waals surface area contributed by atoms with Crippen LogP contribution in [-0.2, 0) is 6.42 Å². The van der Waals surface area contributed by atoms with Gasteiger partial charge in [-0.3, -0.25) is 4.40 Å². The van der Waals surface area contributed by atoms with Crippen molar-refractivity contribution in [2.24, 2.45) is 5.92 Å². The summed E-state index contributed by atoms with van der Waals surface area (Å²) in [6, 6.07) is 5.10. The number of piperidine rings is 1. The summed E-state index contributed by atoms with van der Waals surface area (Å²) in [4.78, 5) is 13.8. The van der Waals surface area contributed by atoms with Crippen LogP contribution in [0, 0.1) is 5.92 Å². The number of carboxylic acids is 1. The SMILES string of the molecule is CCN1CCCC(Cc2nnc3cccc(C(=O)O)n23)C1. The molecule has 0 aromatic carbocycles. The first-order valence-electron chi connectivity index (χ1n) is 7.47. The Balaban J connectivity index is 1.89. The van der Waals surface area contributed by atoms with Crippen molar-refractivity contribution in [2.75, 3.05) is 19.6 Å². The second-order valence-electron chi connectivity index (χ2n) is 5.63. The molecule has 0 aliphatic carbocycles. The van der Waals surface area contributed by atoms with Crippen LogP contribution in [-0.4, -0.2) is 50.2 Å². The Morgan fingerprint density at radius 3 is 3.05 bits per heavy atom. The number of pyridine rings is 1. The minimum absolute atomic E-state index is 0.232. The van der Waals surface area contributed by atoms with Crippen molar-refractivity contribution in [1.82, 2.24) is 19.5 Å². The highest BCUT2D eigenvalue weighted by atomic mass is 16.4. The lowest BCUT2D eigenvalue weighted by Gasteiger charge is -2.31. The van der Waals surface area contributed by atoms with Crippen LogP contribution in [0.2, 0.25) is 0 Å². The Morgan fingerprint density at radius 2 is 2.29 bits per heavy atom. The molecule has 0 saturated carbocycles. The van der Waals surface area contributed by atoms with E-state index in [-0.39, 0.29) is 5.69 Å². The smallest absolute Gasteiger partial charge is 0.352 e. The molecule has 3 heterocycles. The number of aromatic nitrogens is 3. The van der Waals surface area contributed by atoms with Gasteiger partial charge in [-0.25, -0.2) is 4.79 Å². The predicted molar refractivity (Wildman–Crippen MR) is 78.5 cm³/mol. The minimum Gasteiger partial charge on any atom is -0.477 e. The maximum Gasteiger partial charge on any atom is 0.352 e. The van der Waals surface area contributed by atoms with Gasteiger partial charge in [0, 0.05) is 13.0 Å². The van der Waals surface area contributed by atoms with E-state index < -0.39 is 5.97 Å². The Labute approximate surface area is 123 Å². The number of hydrogen-bond donors (Lipinski definition) is 1. The van der Waals surface area contributed by atoms with Crippen molar-refractivity contribution >= 4 is 11.6 Å². The van der Waals surface area contributed by atoms with Crippen LogP contribution < -0.4 is 0 Å². The summed E-state index contributed by atoms with van der Waals surface area (Å²) in [7, 11) is 0. The molecule has 1 atom stereocenters. The fourth-order valence-corrected chi connectivity index (χ4v) is 3.16. The van der Waals surface area contributed by atoms with Crippen molar-refractivity contribution < 1.29 is 9.90 Å². The summed E-state index contributed by atoms with van der Waals surface area (Å²) >= 11 is 0. The van der Waals surface area contributed by atoms with E-state index in [0.29, 0.717) is 11.6 Å². The average molecular weight is 288 g/mol. The van der Waals surface area contributed by atoms with Gasteiger partial charge in [0.25, 0.3) is 0 Å². The first-order valence-corrected chi connectivity index (χ1v) is 7.47. The highest BCUT2D eigenvalue weighted by molar-refractivity contribution is 5.86. The number of nitrogens with zero attached hydrogens (tertiary/aromatic N) is 4. The monoisotopic (exact) mass is 288 g/mol. The summed E-state index contributed by atoms with van der Waals surface area (Å²) in [5.74, 6) is 0.333. The van der Waals surface area contributed by atoms with E-state index in [0.717, 1.165) is 31.9 Å². The normalized spacial score (nSPS) is 20.0. The molecule has 0 radical (unpaired) electrons. The molecular formula is C15H20N4O2. The van der Waals surface area contributed by atoms with Gasteiger partial charge in [-0.05, 0) is 44.0 Å². The summed E-state index contributed by atoms with van der Waals surface area (Å²) in [6.45, 7) is 5.46. The minimum atomic E-state index is -0.944. The van der Waals surface area contributed by atoms with Crippen LogP contribution in [0.3, 0.4) is 0 Å². The zero-order chi connectivity index (χ0) is 14.8. The van der Waals surface area contributed by atoms with Gasteiger partial charge in [-0.15, -0.1) is 10.2 Å². The van der Waals surface area contributed by atoms with Crippen LogP contribution in [0.1, 0.15) is 36.1 Å². The molecule has 0 spiro atoms. The fraction of sp³-hybridized carbons (Fsp3) is 0.533. The number of rotatable bonds is 4. The Hall–Kier alpha value is -1.95. The molecule has 6 heteroatoms. The van der Waals surface area contributed by atoms with Crippen LogP contribution in [0.5, 0.6) is 0 Å². The Kier molecular flexibility index (Phi) is 3.88. The number of carbonyl (C=O) groups is 1. The molecule has 2 aromatic rings. The number of likely N-dealkylation sites (tertiary alicyclic amines) is 1. The molecule has 1 aliphatic rings. The highest BCUT2D eigenvalue weighted by Gasteiger charge is 2.22. The predicted octanol–water partition coefficient (Wildman–Crippen LogP) is 1.70. The van der Waals surface area contributed by atoms with E-state index in [9.17, 15) is 9.90 Å². The van der Waals surface area contributed by atoms with Gasteiger partial charge in [-0.1, -0.05) is 13.0 Å². The van der Waals surface area contributed by atoms with Crippen molar-refractivity contribution in [3.63, 3.8) is 0 Å². The topological polar surface area (TPSA) is 70.7 Å². The lowest BCUT2D eigenvalue weighted by molar-refractivity contribution is 0.0688. The number of carboxylic acid groups (broad SMARTS) is 1. The molecule has 112 valence electrons. The maximum absolute atomic E-state index is 11.4. The van der Waals surface area contributed by atoms with Gasteiger partial charge < -0.3 is 10.0 Å². The van der Waals surface area contributed by atoms with Crippen LogP contribution >= 0.6 is 0 Å². The number of fused-ring (bicyclic) bond motifs is 1. The molecule has 3 rings (SSSR count). The van der Waals surface area contributed by atoms with Gasteiger partial charge in [0.05, 0.1) is 0 Å². The molecule has 1 unspecified atom stereocenters. The lowest BCUT2D eigenvalue weighted by Crippen LogP contribution is -2.36. The highest BCUT2D eigenvalue weighted by Crippen LogP contribution is 2.21. The molecular weight excluding hydrogens is 268 g/mol. The van der Waals surface area contributed by atoms with Gasteiger partial charge in [0.15, 0.2) is 5.65 Å². The van der Waals surface area contributed by atoms with E-state index in [1.165, 1.54) is 12.8 Å². The van der Waals surface area contributed by atoms with Gasteiger partial charge in [0.1, 0.15) is 11.5 Å². The standard InChI is InChI=1S/C15H20N4O2/c1-2-18-8-4-5-11(10-18)9-14-17-16-13-7-3-6-12(15(20)21)19(13)14/h3,6-7,11H,2,4-5,8-10H2,1H3,(H,20,21). The van der Waals surface area contributed by atoms with Gasteiger partial charge in [-0.2, -0.15) is 0 Å². The second kappa shape index (κ2) is 5.81. The quantitative estimate of drug-likeness (QED) is 0.927. The largest absolute Gasteiger partial charge is 0.477 e. The number of aromatic carboxylic acids is 1. The third-order valence-electron chi connectivity index (χ3n) is 4.24. The third kappa shape index (κ3) is 2.76. The average Bonchev–Trinajstić information content (AvgIpc) is 2.90. The van der Waals surface area contributed by atoms with Gasteiger partial charge in [0.2, 0.25) is 0 Å². The lowest BCUT2D eigenvalue weighted by atomic mass is 9.94. The molecule has 0 bridgehead atoms. The fourth-order valence-electron chi connectivity index (χ4n) is 3.16. The van der Waals surface area contributed by atoms with Crippen molar-refractivity contribution in [2.45, 2.75) is 26.2 Å². The molecule has 1 saturated heterocycles. The zero-order valence-corrected chi connectivity index (χ0v) is 12.2. The van der Waals surface area contributed by atoms with Crippen molar-refractivity contribution in [1.29, 1.82) is 0 Å². The zero-order valence-electron chi connectivity index (χ0n) is 12.2. The Morgan fingerprint density at radius 1 is 1.43 bits per heavy atom. The summed E-state index contributed by atoms with van der Waals surface area (Å²) in [5, 5.41) is 17.6. The van der Waals surface area contributed by atoms with Crippen LogP contribution in [0.15, 0.2) is 18.2 Å².